The SMILES string of the molecule is c1ccc(-c2nc(-c3ccc(-c4nc5ccccc5c5sc6ccccc6c45)cc3)cc(-c3cccc4c3sc3ccccc34)n2)cc1. The summed E-state index contributed by atoms with van der Waals surface area (Å²) in [5.74, 6) is 0.716. The van der Waals surface area contributed by atoms with Crippen molar-refractivity contribution in [1.82, 2.24) is 15.0 Å². The number of pyridine rings is 1. The molecule has 0 aliphatic carbocycles. The number of rotatable bonds is 4. The van der Waals surface area contributed by atoms with E-state index in [0.29, 0.717) is 5.82 Å². The van der Waals surface area contributed by atoms with Crippen molar-refractivity contribution in [3.63, 3.8) is 0 Å². The minimum absolute atomic E-state index is 0.716. The Labute approximate surface area is 284 Å². The summed E-state index contributed by atoms with van der Waals surface area (Å²) in [5, 5.41) is 6.20. The number of thiophene rings is 2. The van der Waals surface area contributed by atoms with Crippen molar-refractivity contribution >= 4 is 73.9 Å². The minimum atomic E-state index is 0.716. The first kappa shape index (κ1) is 27.4. The number of para-hydroxylation sites is 1. The predicted molar refractivity (Wildman–Crippen MR) is 205 cm³/mol. The first-order valence-electron chi connectivity index (χ1n) is 15.9. The summed E-state index contributed by atoms with van der Waals surface area (Å²) in [7, 11) is 0. The highest BCUT2D eigenvalue weighted by Gasteiger charge is 2.18. The quantitative estimate of drug-likeness (QED) is 0.191. The van der Waals surface area contributed by atoms with Gasteiger partial charge in [0.1, 0.15) is 0 Å². The third kappa shape index (κ3) is 4.36. The molecule has 0 fully saturated rings. The lowest BCUT2D eigenvalue weighted by Crippen LogP contribution is -1.96. The van der Waals surface area contributed by atoms with Crippen LogP contribution in [0, 0.1) is 0 Å². The summed E-state index contributed by atoms with van der Waals surface area (Å²) < 4.78 is 5.08. The zero-order valence-electron chi connectivity index (χ0n) is 25.6. The normalized spacial score (nSPS) is 11.8. The lowest BCUT2D eigenvalue weighted by Gasteiger charge is -2.11. The maximum Gasteiger partial charge on any atom is 0.160 e. The van der Waals surface area contributed by atoms with E-state index >= 15 is 0 Å². The van der Waals surface area contributed by atoms with Gasteiger partial charge in [0.25, 0.3) is 0 Å². The van der Waals surface area contributed by atoms with Crippen LogP contribution in [0.15, 0.2) is 152 Å². The van der Waals surface area contributed by atoms with Crippen LogP contribution in [0.1, 0.15) is 0 Å². The average molecular weight is 648 g/mol. The molecule has 0 bridgehead atoms. The molecule has 0 saturated carbocycles. The van der Waals surface area contributed by atoms with Crippen LogP contribution in [0.2, 0.25) is 0 Å². The first-order valence-corrected chi connectivity index (χ1v) is 17.6. The summed E-state index contributed by atoms with van der Waals surface area (Å²) in [6.45, 7) is 0. The monoisotopic (exact) mass is 647 g/mol. The third-order valence-electron chi connectivity index (χ3n) is 9.11. The summed E-state index contributed by atoms with van der Waals surface area (Å²) in [4.78, 5) is 15.5. The van der Waals surface area contributed by atoms with Crippen LogP contribution in [0.5, 0.6) is 0 Å². The summed E-state index contributed by atoms with van der Waals surface area (Å²) in [6.07, 6.45) is 0. The van der Waals surface area contributed by atoms with Crippen LogP contribution in [-0.4, -0.2) is 15.0 Å². The lowest BCUT2D eigenvalue weighted by atomic mass is 10.00. The Morgan fingerprint density at radius 3 is 1.85 bits per heavy atom. The van der Waals surface area contributed by atoms with Gasteiger partial charge in [0.05, 0.1) is 22.6 Å². The van der Waals surface area contributed by atoms with Crippen LogP contribution >= 0.6 is 22.7 Å². The van der Waals surface area contributed by atoms with E-state index in [9.17, 15) is 0 Å². The molecule has 0 atom stereocenters. The van der Waals surface area contributed by atoms with Gasteiger partial charge in [-0.05, 0) is 24.3 Å². The molecule has 10 rings (SSSR count). The van der Waals surface area contributed by atoms with Gasteiger partial charge in [0.2, 0.25) is 0 Å². The molecule has 0 saturated heterocycles. The molecule has 48 heavy (non-hydrogen) atoms. The topological polar surface area (TPSA) is 38.7 Å². The van der Waals surface area contributed by atoms with E-state index in [1.807, 2.05) is 40.9 Å². The van der Waals surface area contributed by atoms with Crippen LogP contribution in [0.4, 0.5) is 0 Å². The molecule has 6 aromatic carbocycles. The zero-order valence-corrected chi connectivity index (χ0v) is 27.2. The Morgan fingerprint density at radius 2 is 1.02 bits per heavy atom. The molecule has 5 heteroatoms. The molecule has 0 radical (unpaired) electrons. The molecule has 0 spiro atoms. The van der Waals surface area contributed by atoms with E-state index in [2.05, 4.69) is 133 Å². The third-order valence-corrected chi connectivity index (χ3v) is 11.5. The molecule has 4 heterocycles. The zero-order chi connectivity index (χ0) is 31.6. The molecule has 0 amide bonds. The van der Waals surface area contributed by atoms with Gasteiger partial charge in [-0.2, -0.15) is 0 Å². The second-order valence-electron chi connectivity index (χ2n) is 12.0. The van der Waals surface area contributed by atoms with Crippen LogP contribution in [0.25, 0.3) is 96.4 Å². The molecule has 4 aromatic heterocycles. The maximum atomic E-state index is 5.24. The Bertz CT molecular complexity index is 2830. The molecule has 10 aromatic rings. The molecular weight excluding hydrogens is 623 g/mol. The Hall–Kier alpha value is -5.75. The summed E-state index contributed by atoms with van der Waals surface area (Å²) in [5.41, 5.74) is 8.08. The van der Waals surface area contributed by atoms with Gasteiger partial charge in [-0.15, -0.1) is 22.7 Å². The summed E-state index contributed by atoms with van der Waals surface area (Å²) in [6, 6.07) is 53.4. The molecule has 0 unspecified atom stereocenters. The van der Waals surface area contributed by atoms with Crippen molar-refractivity contribution in [1.29, 1.82) is 0 Å². The van der Waals surface area contributed by atoms with Crippen LogP contribution < -0.4 is 0 Å². The Kier molecular flexibility index (Phi) is 6.22. The number of hydrogen-bond donors (Lipinski definition) is 0. The van der Waals surface area contributed by atoms with Crippen LogP contribution in [-0.2, 0) is 0 Å². The predicted octanol–water partition coefficient (Wildman–Crippen LogP) is 12.4. The van der Waals surface area contributed by atoms with E-state index in [1.165, 1.54) is 45.7 Å². The van der Waals surface area contributed by atoms with Gasteiger partial charge in [-0.25, -0.2) is 15.0 Å². The molecule has 0 aliphatic rings. The Morgan fingerprint density at radius 1 is 0.396 bits per heavy atom. The maximum absolute atomic E-state index is 5.24. The van der Waals surface area contributed by atoms with E-state index in [-0.39, 0.29) is 0 Å². The van der Waals surface area contributed by atoms with Crippen LogP contribution in [0.3, 0.4) is 0 Å². The largest absolute Gasteiger partial charge is 0.247 e. The van der Waals surface area contributed by atoms with E-state index < -0.39 is 0 Å². The molecule has 0 aliphatic heterocycles. The number of hydrogen-bond acceptors (Lipinski definition) is 5. The first-order chi connectivity index (χ1) is 23.8. The molecule has 0 N–H and O–H groups in total. The van der Waals surface area contributed by atoms with Gasteiger partial charge in [0.15, 0.2) is 5.82 Å². The second-order valence-corrected chi connectivity index (χ2v) is 14.1. The second kappa shape index (κ2) is 10.9. The van der Waals surface area contributed by atoms with E-state index in [4.69, 9.17) is 15.0 Å². The standard InChI is InChI=1S/C43H25N3S2/c1-2-11-28(12-3-1)43-45-35(25-36(46-43)32-17-10-16-30-29-13-5-8-19-37(29)47-41(30)32)26-21-23-27(24-22-26)40-39-33-15-6-9-20-38(33)48-42(39)31-14-4-7-18-34(31)44-40/h1-25H. The molecule has 3 nitrogen and oxygen atoms in total. The van der Waals surface area contributed by atoms with E-state index in [1.54, 1.807) is 0 Å². The van der Waals surface area contributed by atoms with Crippen molar-refractivity contribution in [3.05, 3.63) is 152 Å². The van der Waals surface area contributed by atoms with Gasteiger partial charge < -0.3 is 0 Å². The average Bonchev–Trinajstić information content (AvgIpc) is 3.74. The number of aromatic nitrogens is 3. The van der Waals surface area contributed by atoms with Crippen molar-refractivity contribution in [2.24, 2.45) is 0 Å². The van der Waals surface area contributed by atoms with Gasteiger partial charge in [0, 0.05) is 68.0 Å². The lowest BCUT2D eigenvalue weighted by molar-refractivity contribution is 1.19. The van der Waals surface area contributed by atoms with Crippen molar-refractivity contribution in [2.75, 3.05) is 0 Å². The van der Waals surface area contributed by atoms with Gasteiger partial charge in [-0.1, -0.05) is 127 Å². The highest BCUT2D eigenvalue weighted by Crippen LogP contribution is 2.43. The van der Waals surface area contributed by atoms with Crippen molar-refractivity contribution in [3.8, 4) is 45.2 Å². The number of benzene rings is 6. The number of fused-ring (bicyclic) bond motifs is 8. The van der Waals surface area contributed by atoms with Crippen molar-refractivity contribution < 1.29 is 0 Å². The number of nitrogens with zero attached hydrogens (tertiary/aromatic N) is 3. The minimum Gasteiger partial charge on any atom is -0.247 e. The van der Waals surface area contributed by atoms with Crippen molar-refractivity contribution in [2.45, 2.75) is 0 Å². The van der Waals surface area contributed by atoms with Gasteiger partial charge >= 0.3 is 0 Å². The fourth-order valence-corrected chi connectivity index (χ4v) is 9.28. The highest BCUT2D eigenvalue weighted by molar-refractivity contribution is 7.27. The highest BCUT2D eigenvalue weighted by atomic mass is 32.1. The fourth-order valence-electron chi connectivity index (χ4n) is 6.82. The Balaban J connectivity index is 1.15. The fraction of sp³-hybridized carbons (Fsp3) is 0. The van der Waals surface area contributed by atoms with E-state index in [0.717, 1.165) is 44.9 Å². The molecule has 224 valence electrons. The molecular formula is C43H25N3S2. The smallest absolute Gasteiger partial charge is 0.160 e. The van der Waals surface area contributed by atoms with Gasteiger partial charge in [-0.3, -0.25) is 0 Å². The summed E-state index contributed by atoms with van der Waals surface area (Å²) >= 11 is 3.67.